The van der Waals surface area contributed by atoms with Gasteiger partial charge in [0.2, 0.25) is 0 Å². The quantitative estimate of drug-likeness (QED) is 0.0900. The Morgan fingerprint density at radius 1 is 0.236 bits per heavy atom. The van der Waals surface area contributed by atoms with Gasteiger partial charge in [0.15, 0.2) is 0 Å². The maximum atomic E-state index is 12.7. The van der Waals surface area contributed by atoms with E-state index >= 15 is 0 Å². The molecule has 0 saturated carbocycles. The number of phenols is 6. The van der Waals surface area contributed by atoms with E-state index < -0.39 is 0 Å². The van der Waals surface area contributed by atoms with Crippen molar-refractivity contribution in [3.63, 3.8) is 0 Å². The third-order valence-corrected chi connectivity index (χ3v) is 15.1. The number of fused-ring (bicyclic) bond motifs is 12. The van der Waals surface area contributed by atoms with Gasteiger partial charge >= 0.3 is 0 Å². The van der Waals surface area contributed by atoms with Gasteiger partial charge in [-0.2, -0.15) is 0 Å². The lowest BCUT2D eigenvalue weighted by atomic mass is 9.77. The molecule has 6 heteroatoms. The Morgan fingerprint density at radius 3 is 0.653 bits per heavy atom. The molecule has 0 atom stereocenters. The molecule has 0 aliphatic heterocycles. The van der Waals surface area contributed by atoms with Crippen LogP contribution in [0.2, 0.25) is 0 Å². The molecule has 1 aliphatic carbocycles. The molecule has 1 aliphatic rings. The topological polar surface area (TPSA) is 121 Å². The van der Waals surface area contributed by atoms with E-state index in [9.17, 15) is 30.6 Å². The normalized spacial score (nSPS) is 14.2. The summed E-state index contributed by atoms with van der Waals surface area (Å²) >= 11 is 0. The third-order valence-electron chi connectivity index (χ3n) is 15.1. The second-order valence-electron chi connectivity index (χ2n) is 27.3. The minimum atomic E-state index is -0.369. The van der Waals surface area contributed by atoms with Crippen molar-refractivity contribution < 1.29 is 30.6 Å². The first-order valence-corrected chi connectivity index (χ1v) is 26.0. The summed E-state index contributed by atoms with van der Waals surface area (Å²) in [5.74, 6) is 0.713. The Labute approximate surface area is 431 Å². The van der Waals surface area contributed by atoms with Gasteiger partial charge in [0.05, 0.1) is 0 Å². The summed E-state index contributed by atoms with van der Waals surface area (Å²) in [7, 11) is 0. The molecule has 6 aromatic rings. The molecule has 72 heavy (non-hydrogen) atoms. The summed E-state index contributed by atoms with van der Waals surface area (Å²) in [5.41, 5.74) is 12.1. The third kappa shape index (κ3) is 11.0. The number of hydrogen-bond donors (Lipinski definition) is 6. The monoisotopic (exact) mass is 973 g/mol. The second kappa shape index (κ2) is 18.6. The van der Waals surface area contributed by atoms with Crippen molar-refractivity contribution in [2.75, 3.05) is 0 Å². The fourth-order valence-corrected chi connectivity index (χ4v) is 10.5. The van der Waals surface area contributed by atoms with Crippen LogP contribution in [0.1, 0.15) is 225 Å². The van der Waals surface area contributed by atoms with Gasteiger partial charge in [-0.15, -0.1) is 0 Å². The van der Waals surface area contributed by atoms with E-state index in [1.54, 1.807) is 0 Å². The van der Waals surface area contributed by atoms with Crippen LogP contribution in [0.25, 0.3) is 0 Å². The zero-order chi connectivity index (χ0) is 53.6. The lowest BCUT2D eigenvalue weighted by Crippen LogP contribution is -2.17. The molecule has 0 aromatic heterocycles. The summed E-state index contributed by atoms with van der Waals surface area (Å²) in [4.78, 5) is 0. The largest absolute Gasteiger partial charge is 0.507 e. The van der Waals surface area contributed by atoms with Gasteiger partial charge in [0.25, 0.3) is 0 Å². The first-order chi connectivity index (χ1) is 32.9. The van der Waals surface area contributed by atoms with Crippen molar-refractivity contribution in [3.05, 3.63) is 173 Å². The van der Waals surface area contributed by atoms with Gasteiger partial charge in [-0.1, -0.05) is 197 Å². The van der Waals surface area contributed by atoms with Crippen LogP contribution in [-0.4, -0.2) is 30.6 Å². The van der Waals surface area contributed by atoms with Gasteiger partial charge in [-0.05, 0) is 122 Å². The van der Waals surface area contributed by atoms with E-state index in [0.29, 0.717) is 66.8 Å². The molecule has 7 rings (SSSR count). The zero-order valence-electron chi connectivity index (χ0n) is 46.9. The molecular weight excluding hydrogens is 889 g/mol. The highest BCUT2D eigenvalue weighted by molar-refractivity contribution is 5.61. The highest BCUT2D eigenvalue weighted by Gasteiger charge is 2.31. The second-order valence-corrected chi connectivity index (χ2v) is 27.3. The van der Waals surface area contributed by atoms with Crippen LogP contribution < -0.4 is 0 Å². The van der Waals surface area contributed by atoms with Crippen LogP contribution in [0.15, 0.2) is 72.8 Å². The number of phenolic OH excluding ortho intramolecular Hbond substituents is 6. The summed E-state index contributed by atoms with van der Waals surface area (Å²) < 4.78 is 0. The van der Waals surface area contributed by atoms with Crippen LogP contribution in [0.4, 0.5) is 0 Å². The van der Waals surface area contributed by atoms with E-state index in [0.717, 1.165) is 33.4 Å². The minimum absolute atomic E-state index is 0.113. The van der Waals surface area contributed by atoms with Gasteiger partial charge in [0.1, 0.15) is 34.5 Å². The number of hydrogen-bond acceptors (Lipinski definition) is 6. The fraction of sp³-hybridized carbons (Fsp3) is 0.455. The van der Waals surface area contributed by atoms with Crippen LogP contribution in [0.5, 0.6) is 34.5 Å². The van der Waals surface area contributed by atoms with E-state index in [1.165, 1.54) is 0 Å². The smallest absolute Gasteiger partial charge is 0.122 e. The van der Waals surface area contributed by atoms with Gasteiger partial charge in [-0.25, -0.2) is 0 Å². The molecular formula is C66H84O6. The van der Waals surface area contributed by atoms with Crippen molar-refractivity contribution in [2.24, 2.45) is 0 Å². The maximum absolute atomic E-state index is 12.7. The SMILES string of the molecule is CC(C)(C)c1cc2c(O)c(c1)Cc1cc(C(C)(C)C)cc(c1O)Cc1ccc(C(C)(C)C)c(c1O)Cc1ccc(C(C)(C)C)c(c1O)Cc1cc(C(C)(C)C)cc(c1O)Cc1cc(C(C)(C)C)cc(c1O)C2. The molecule has 0 spiro atoms. The average molecular weight is 973 g/mol. The maximum Gasteiger partial charge on any atom is 0.122 e. The van der Waals surface area contributed by atoms with Crippen molar-refractivity contribution in [3.8, 4) is 34.5 Å². The Bertz CT molecular complexity index is 3070. The van der Waals surface area contributed by atoms with Crippen LogP contribution in [-0.2, 0) is 71.0 Å². The fourth-order valence-electron chi connectivity index (χ4n) is 10.5. The first-order valence-electron chi connectivity index (χ1n) is 26.0. The first kappa shape index (κ1) is 53.9. The molecule has 0 heterocycles. The van der Waals surface area contributed by atoms with Crippen molar-refractivity contribution in [1.82, 2.24) is 0 Å². The average Bonchev–Trinajstić information content (AvgIpc) is 3.23. The summed E-state index contributed by atoms with van der Waals surface area (Å²) in [6.07, 6.45) is 1.43. The van der Waals surface area contributed by atoms with E-state index in [4.69, 9.17) is 0 Å². The number of rotatable bonds is 0. The van der Waals surface area contributed by atoms with E-state index in [2.05, 4.69) is 155 Å². The molecule has 6 N–H and O–H groups in total. The molecule has 0 fully saturated rings. The molecule has 0 radical (unpaired) electrons. The molecule has 0 amide bonds. The van der Waals surface area contributed by atoms with E-state index in [1.807, 2.05) is 42.5 Å². The zero-order valence-corrected chi connectivity index (χ0v) is 46.9. The molecule has 0 saturated heterocycles. The van der Waals surface area contributed by atoms with Crippen LogP contribution in [0, 0.1) is 0 Å². The highest BCUT2D eigenvalue weighted by Crippen LogP contribution is 2.46. The lowest BCUT2D eigenvalue weighted by molar-refractivity contribution is 0.446. The van der Waals surface area contributed by atoms with Crippen molar-refractivity contribution in [2.45, 2.75) is 196 Å². The Balaban J connectivity index is 1.58. The summed E-state index contributed by atoms with van der Waals surface area (Å²) in [5, 5.41) is 75.2. The van der Waals surface area contributed by atoms with Gasteiger partial charge in [0, 0.05) is 49.7 Å². The van der Waals surface area contributed by atoms with Crippen molar-refractivity contribution >= 4 is 0 Å². The molecule has 6 aromatic carbocycles. The van der Waals surface area contributed by atoms with Gasteiger partial charge in [-0.3, -0.25) is 0 Å². The van der Waals surface area contributed by atoms with Crippen LogP contribution in [0.3, 0.4) is 0 Å². The Hall–Kier alpha value is -5.88. The summed E-state index contributed by atoms with van der Waals surface area (Å²) in [6.45, 7) is 38.6. The number of aromatic hydroxyl groups is 6. The molecule has 6 nitrogen and oxygen atoms in total. The molecule has 0 unspecified atom stereocenters. The summed E-state index contributed by atoms with van der Waals surface area (Å²) in [6, 6.07) is 24.5. The predicted molar refractivity (Wildman–Crippen MR) is 298 cm³/mol. The Kier molecular flexibility index (Phi) is 13.9. The standard InChI is InChI=1S/C66H84O6/c1-61(2,3)47-27-39-23-37-19-21-53(65(13,14)15)51(59(37)71)35-38-20-22-54(66(16,17)18)52(60(38)72)36-46-34-50(64(10,11)12)33-45(58(46)70)26-44-32-49(63(7,8)9)31-43(57(44)69)25-42-30-48(62(4,5)6)29-41(56(42)68)24-40(28-47)55(39)67/h19-22,27-34,67-72H,23-26,35-36H2,1-18H3. The Morgan fingerprint density at radius 2 is 0.431 bits per heavy atom. The molecule has 12 bridgehead atoms. The predicted octanol–water partition coefficient (Wildman–Crippen LogP) is 15.6. The van der Waals surface area contributed by atoms with E-state index in [-0.39, 0.29) is 106 Å². The van der Waals surface area contributed by atoms with Gasteiger partial charge < -0.3 is 30.6 Å². The number of benzene rings is 6. The highest BCUT2D eigenvalue weighted by atomic mass is 16.3. The van der Waals surface area contributed by atoms with Crippen molar-refractivity contribution in [1.29, 1.82) is 0 Å². The minimum Gasteiger partial charge on any atom is -0.507 e. The molecule has 384 valence electrons. The van der Waals surface area contributed by atoms with Crippen LogP contribution >= 0.6 is 0 Å². The lowest BCUT2D eigenvalue weighted by Gasteiger charge is -2.28.